The van der Waals surface area contributed by atoms with Crippen LogP contribution in [0.2, 0.25) is 5.02 Å². The van der Waals surface area contributed by atoms with Crippen LogP contribution in [-0.4, -0.2) is 38.9 Å². The third-order valence-electron chi connectivity index (χ3n) is 4.55. The van der Waals surface area contributed by atoms with E-state index in [0.29, 0.717) is 0 Å². The summed E-state index contributed by atoms with van der Waals surface area (Å²) < 4.78 is 4.85. The number of carboxylic acid groups (broad SMARTS) is 2. The molecule has 0 spiro atoms. The van der Waals surface area contributed by atoms with Crippen molar-refractivity contribution in [2.24, 2.45) is 0 Å². The molecule has 0 aliphatic rings. The summed E-state index contributed by atoms with van der Waals surface area (Å²) in [5.74, 6) is -5.73. The van der Waals surface area contributed by atoms with Crippen molar-refractivity contribution < 1.29 is 34.1 Å². The molecule has 1 heterocycles. The van der Waals surface area contributed by atoms with E-state index in [-0.39, 0.29) is 27.2 Å². The Morgan fingerprint density at radius 1 is 1.00 bits per heavy atom. The van der Waals surface area contributed by atoms with E-state index in [2.05, 4.69) is 4.98 Å². The molecule has 0 unspecified atom stereocenters. The van der Waals surface area contributed by atoms with Crippen LogP contribution in [0.25, 0.3) is 10.9 Å². The van der Waals surface area contributed by atoms with Gasteiger partial charge < -0.3 is 19.9 Å². The van der Waals surface area contributed by atoms with Gasteiger partial charge >= 0.3 is 23.5 Å². The molecule has 0 fully saturated rings. The van der Waals surface area contributed by atoms with Gasteiger partial charge in [-0.1, -0.05) is 47.5 Å². The Labute approximate surface area is 175 Å². The second kappa shape index (κ2) is 7.64. The molecule has 0 bridgehead atoms. The number of ketones is 1. The number of fused-ring (bicyclic) bond motifs is 1. The van der Waals surface area contributed by atoms with E-state index >= 15 is 0 Å². The molecule has 0 saturated heterocycles. The first-order valence-corrected chi connectivity index (χ1v) is 9.05. The highest BCUT2D eigenvalue weighted by molar-refractivity contribution is 6.31. The Morgan fingerprint density at radius 2 is 1.60 bits per heavy atom. The number of nitrogens with one attached hydrogen (secondary N) is 1. The third-order valence-corrected chi connectivity index (χ3v) is 4.79. The van der Waals surface area contributed by atoms with Crippen molar-refractivity contribution in [1.29, 1.82) is 0 Å². The average Bonchev–Trinajstić information content (AvgIpc) is 3.04. The lowest BCUT2D eigenvalue weighted by Crippen LogP contribution is -2.48. The van der Waals surface area contributed by atoms with Gasteiger partial charge in [0.25, 0.3) is 0 Å². The Kier molecular flexibility index (Phi) is 5.37. The number of carboxylic acids is 2. The first kappa shape index (κ1) is 21.1. The van der Waals surface area contributed by atoms with Gasteiger partial charge in [-0.15, -0.1) is 0 Å². The molecular weight excluding hydrogens is 414 g/mol. The number of hydrogen-bond acceptors (Lipinski definition) is 5. The van der Waals surface area contributed by atoms with Crippen LogP contribution in [0.5, 0.6) is 0 Å². The first-order chi connectivity index (χ1) is 14.1. The zero-order valence-corrected chi connectivity index (χ0v) is 16.6. The summed E-state index contributed by atoms with van der Waals surface area (Å²) in [6.07, 6.45) is 0. The largest absolute Gasteiger partial charge is 0.478 e. The summed E-state index contributed by atoms with van der Waals surface area (Å²) >= 11 is 6.00. The van der Waals surface area contributed by atoms with Gasteiger partial charge in [-0.25, -0.2) is 9.59 Å². The second-order valence-electron chi connectivity index (χ2n) is 6.65. The second-order valence-corrected chi connectivity index (χ2v) is 7.08. The number of hydrogen-bond donors (Lipinski definition) is 3. The smallest absolute Gasteiger partial charge is 0.365 e. The van der Waals surface area contributed by atoms with Gasteiger partial charge in [0.05, 0.1) is 11.3 Å². The number of carbonyl (C=O) groups excluding carboxylic acids is 2. The van der Waals surface area contributed by atoms with Crippen molar-refractivity contribution in [1.82, 2.24) is 4.98 Å². The number of rotatable bonds is 6. The summed E-state index contributed by atoms with van der Waals surface area (Å²) in [5.41, 5.74) is -2.68. The maximum atomic E-state index is 13.2. The Balaban J connectivity index is 2.41. The number of aromatic nitrogens is 1. The monoisotopic (exact) mass is 429 g/mol. The summed E-state index contributed by atoms with van der Waals surface area (Å²) in [7, 11) is 0. The van der Waals surface area contributed by atoms with Crippen LogP contribution < -0.4 is 0 Å². The number of carbonyl (C=O) groups is 4. The summed E-state index contributed by atoms with van der Waals surface area (Å²) in [6, 6.07) is 10.6. The molecule has 9 heteroatoms. The van der Waals surface area contributed by atoms with Crippen molar-refractivity contribution in [2.75, 3.05) is 0 Å². The molecular formula is C21H16ClNO7. The predicted octanol–water partition coefficient (Wildman–Crippen LogP) is 3.29. The van der Waals surface area contributed by atoms with Gasteiger partial charge in [-0.3, -0.25) is 9.59 Å². The Hall–Kier alpha value is -3.65. The van der Waals surface area contributed by atoms with Crippen molar-refractivity contribution in [3.05, 3.63) is 69.9 Å². The maximum absolute atomic E-state index is 13.2. The molecule has 0 aliphatic carbocycles. The molecule has 8 nitrogen and oxygen atoms in total. The van der Waals surface area contributed by atoms with E-state index in [0.717, 1.165) is 12.5 Å². The number of esters is 1. The zero-order chi connectivity index (χ0) is 22.2. The fourth-order valence-corrected chi connectivity index (χ4v) is 3.39. The number of ether oxygens (including phenoxy) is 1. The van der Waals surface area contributed by atoms with Gasteiger partial charge in [0.1, 0.15) is 0 Å². The fourth-order valence-electron chi connectivity index (χ4n) is 3.21. The standard InChI is InChI=1S/C21H16ClNO7/c1-10-3-5-12(6-4-10)18(25)17-16(14-8-7-13(22)9-15(14)23-17)21(19(26)27,20(28)29)30-11(2)24/h3-9,23H,1-2H3,(H,26,27)(H,28,29). The molecule has 0 radical (unpaired) electrons. The number of aliphatic carboxylic acids is 2. The van der Waals surface area contributed by atoms with Gasteiger partial charge in [0, 0.05) is 28.4 Å². The van der Waals surface area contributed by atoms with Crippen LogP contribution in [0.3, 0.4) is 0 Å². The van der Waals surface area contributed by atoms with E-state index in [9.17, 15) is 29.4 Å². The van der Waals surface area contributed by atoms with Crippen LogP contribution in [0.15, 0.2) is 42.5 Å². The molecule has 3 rings (SSSR count). The number of benzene rings is 2. The molecule has 3 aromatic rings. The minimum absolute atomic E-state index is 0.0703. The molecule has 0 aliphatic heterocycles. The van der Waals surface area contributed by atoms with Gasteiger partial charge in [-0.05, 0) is 19.1 Å². The van der Waals surface area contributed by atoms with Gasteiger partial charge in [-0.2, -0.15) is 0 Å². The lowest BCUT2D eigenvalue weighted by atomic mass is 9.88. The first-order valence-electron chi connectivity index (χ1n) is 8.67. The van der Waals surface area contributed by atoms with E-state index in [1.807, 2.05) is 6.92 Å². The number of aromatic amines is 1. The highest BCUT2D eigenvalue weighted by Gasteiger charge is 2.56. The van der Waals surface area contributed by atoms with Crippen LogP contribution in [0.1, 0.15) is 34.1 Å². The topological polar surface area (TPSA) is 134 Å². The van der Waals surface area contributed by atoms with E-state index < -0.39 is 34.9 Å². The van der Waals surface area contributed by atoms with Gasteiger partial charge in [0.15, 0.2) is 0 Å². The van der Waals surface area contributed by atoms with E-state index in [1.54, 1.807) is 12.1 Å². The third kappa shape index (κ3) is 3.42. The quantitative estimate of drug-likeness (QED) is 0.311. The summed E-state index contributed by atoms with van der Waals surface area (Å²) in [4.78, 5) is 52.0. The van der Waals surface area contributed by atoms with Gasteiger partial charge in [0.2, 0.25) is 5.78 Å². The highest BCUT2D eigenvalue weighted by Crippen LogP contribution is 2.38. The minimum atomic E-state index is -3.15. The molecule has 1 aromatic heterocycles. The number of aryl methyl sites for hydroxylation is 1. The van der Waals surface area contributed by atoms with Crippen LogP contribution in [-0.2, 0) is 24.7 Å². The highest BCUT2D eigenvalue weighted by atomic mass is 35.5. The average molecular weight is 430 g/mol. The van der Waals surface area contributed by atoms with E-state index in [1.165, 1.54) is 30.3 Å². The zero-order valence-electron chi connectivity index (χ0n) is 15.9. The lowest BCUT2D eigenvalue weighted by molar-refractivity contribution is -0.191. The Bertz CT molecular complexity index is 1180. The van der Waals surface area contributed by atoms with Crippen molar-refractivity contribution in [3.8, 4) is 0 Å². The fraction of sp³-hybridized carbons (Fsp3) is 0.143. The predicted molar refractivity (Wildman–Crippen MR) is 107 cm³/mol. The SMILES string of the molecule is CC(=O)OC(C(=O)O)(C(=O)O)c1c(C(=O)c2ccc(C)cc2)[nH]c2cc(Cl)ccc12. The summed E-state index contributed by atoms with van der Waals surface area (Å²) in [5, 5.41) is 20.0. The molecule has 3 N–H and O–H groups in total. The van der Waals surface area contributed by atoms with Crippen LogP contribution in [0.4, 0.5) is 0 Å². The molecule has 154 valence electrons. The van der Waals surface area contributed by atoms with Crippen molar-refractivity contribution in [2.45, 2.75) is 19.4 Å². The number of H-pyrrole nitrogens is 1. The van der Waals surface area contributed by atoms with Crippen molar-refractivity contribution >= 4 is 46.2 Å². The van der Waals surface area contributed by atoms with E-state index in [4.69, 9.17) is 16.3 Å². The van der Waals surface area contributed by atoms with Crippen LogP contribution >= 0.6 is 11.6 Å². The molecule has 0 saturated carbocycles. The maximum Gasteiger partial charge on any atom is 0.365 e. The molecule has 2 aromatic carbocycles. The number of halogens is 1. The van der Waals surface area contributed by atoms with Crippen LogP contribution in [0, 0.1) is 6.92 Å². The minimum Gasteiger partial charge on any atom is -0.478 e. The molecule has 30 heavy (non-hydrogen) atoms. The molecule has 0 amide bonds. The normalized spacial score (nSPS) is 11.3. The summed E-state index contributed by atoms with van der Waals surface area (Å²) in [6.45, 7) is 2.71. The molecule has 0 atom stereocenters. The Morgan fingerprint density at radius 3 is 2.13 bits per heavy atom. The lowest BCUT2D eigenvalue weighted by Gasteiger charge is -2.25. The van der Waals surface area contributed by atoms with Crippen molar-refractivity contribution in [3.63, 3.8) is 0 Å².